The lowest BCUT2D eigenvalue weighted by Crippen LogP contribution is -2.49. The first-order valence-electron chi connectivity index (χ1n) is 11.3. The molecule has 1 saturated heterocycles. The summed E-state index contributed by atoms with van der Waals surface area (Å²) in [5.74, 6) is -1.18. The molecule has 6 nitrogen and oxygen atoms in total. The zero-order chi connectivity index (χ0) is 23.8. The van der Waals surface area contributed by atoms with Crippen LogP contribution in [0.5, 0.6) is 0 Å². The summed E-state index contributed by atoms with van der Waals surface area (Å²) in [5.41, 5.74) is 2.57. The van der Waals surface area contributed by atoms with Gasteiger partial charge in [-0.2, -0.15) is 0 Å². The number of hydrogen-bond acceptors (Lipinski definition) is 4. The van der Waals surface area contributed by atoms with Crippen LogP contribution in [0.1, 0.15) is 25.8 Å². The van der Waals surface area contributed by atoms with Crippen LogP contribution in [-0.4, -0.2) is 60.6 Å². The predicted molar refractivity (Wildman–Crippen MR) is 134 cm³/mol. The summed E-state index contributed by atoms with van der Waals surface area (Å²) in [6.07, 6.45) is 2.24. The van der Waals surface area contributed by atoms with Crippen LogP contribution in [0, 0.1) is 5.92 Å². The number of anilines is 1. The molecule has 0 aliphatic carbocycles. The van der Waals surface area contributed by atoms with Gasteiger partial charge in [-0.3, -0.25) is 9.69 Å². The Balaban J connectivity index is 1.71. The zero-order valence-corrected chi connectivity index (χ0v) is 20.0. The van der Waals surface area contributed by atoms with E-state index in [-0.39, 0.29) is 11.8 Å². The maximum absolute atomic E-state index is 13.1. The lowest BCUT2D eigenvalue weighted by Gasteiger charge is -2.36. The molecular weight excluding hydrogens is 438 g/mol. The Hall–Kier alpha value is -2.83. The maximum Gasteiger partial charge on any atom is 0.326 e. The van der Waals surface area contributed by atoms with Gasteiger partial charge >= 0.3 is 5.97 Å². The number of nitrogens with one attached hydrogen (secondary N) is 1. The maximum atomic E-state index is 13.1. The fourth-order valence-electron chi connectivity index (χ4n) is 3.96. The molecule has 0 bridgehead atoms. The number of aliphatic carboxylic acids is 1. The number of nitrogens with zero attached hydrogens (tertiary/aromatic N) is 2. The molecule has 2 aromatic carbocycles. The average Bonchev–Trinajstić information content (AvgIpc) is 2.79. The van der Waals surface area contributed by atoms with E-state index in [4.69, 9.17) is 11.6 Å². The monoisotopic (exact) mass is 469 g/mol. The van der Waals surface area contributed by atoms with Crippen LogP contribution in [0.25, 0.3) is 6.08 Å². The largest absolute Gasteiger partial charge is 0.480 e. The van der Waals surface area contributed by atoms with Crippen LogP contribution in [0.4, 0.5) is 5.69 Å². The van der Waals surface area contributed by atoms with E-state index in [1.165, 1.54) is 0 Å². The van der Waals surface area contributed by atoms with Crippen molar-refractivity contribution >= 4 is 35.2 Å². The lowest BCUT2D eigenvalue weighted by molar-refractivity contribution is -0.141. The number of carboxylic acids is 1. The third-order valence-electron chi connectivity index (χ3n) is 5.68. The first-order chi connectivity index (χ1) is 15.8. The van der Waals surface area contributed by atoms with Gasteiger partial charge in [-0.15, -0.1) is 0 Å². The number of carbonyl (C=O) groups excluding carboxylic acids is 1. The molecule has 1 aliphatic heterocycles. The van der Waals surface area contributed by atoms with E-state index in [9.17, 15) is 14.7 Å². The van der Waals surface area contributed by atoms with E-state index >= 15 is 0 Å². The molecule has 0 aromatic heterocycles. The summed E-state index contributed by atoms with van der Waals surface area (Å²) in [7, 11) is 0. The normalized spacial score (nSPS) is 16.0. The van der Waals surface area contributed by atoms with Crippen molar-refractivity contribution in [2.75, 3.05) is 37.6 Å². The van der Waals surface area contributed by atoms with E-state index in [2.05, 4.69) is 21.2 Å². The van der Waals surface area contributed by atoms with Crippen molar-refractivity contribution in [3.8, 4) is 0 Å². The SMILES string of the molecule is CC(C)CC(NC(=O)/C(=C/c1ccccc1)CN1CCN(c2cccc(Cl)c2)CC1)C(=O)O. The smallest absolute Gasteiger partial charge is 0.326 e. The summed E-state index contributed by atoms with van der Waals surface area (Å²) in [6.45, 7) is 7.58. The highest BCUT2D eigenvalue weighted by atomic mass is 35.5. The Bertz CT molecular complexity index is 970. The molecule has 0 saturated carbocycles. The van der Waals surface area contributed by atoms with E-state index in [0.29, 0.717) is 23.6 Å². The number of piperazine rings is 1. The highest BCUT2D eigenvalue weighted by molar-refractivity contribution is 6.30. The van der Waals surface area contributed by atoms with E-state index in [0.717, 1.165) is 37.4 Å². The van der Waals surface area contributed by atoms with Crippen LogP contribution in [-0.2, 0) is 9.59 Å². The van der Waals surface area contributed by atoms with Crippen molar-refractivity contribution in [3.05, 3.63) is 70.8 Å². The molecule has 7 heteroatoms. The Morgan fingerprint density at radius 3 is 2.36 bits per heavy atom. The van der Waals surface area contributed by atoms with Crippen LogP contribution < -0.4 is 10.2 Å². The van der Waals surface area contributed by atoms with Gasteiger partial charge in [0, 0.05) is 49.0 Å². The molecule has 0 spiro atoms. The van der Waals surface area contributed by atoms with E-state index in [1.807, 2.05) is 68.5 Å². The van der Waals surface area contributed by atoms with E-state index in [1.54, 1.807) is 0 Å². The van der Waals surface area contributed by atoms with Gasteiger partial charge in [0.2, 0.25) is 5.91 Å². The molecule has 33 heavy (non-hydrogen) atoms. The van der Waals surface area contributed by atoms with Gasteiger partial charge in [0.05, 0.1) is 0 Å². The summed E-state index contributed by atoms with van der Waals surface area (Å²) < 4.78 is 0. The second kappa shape index (κ2) is 11.9. The Labute approximate surface area is 200 Å². The van der Waals surface area contributed by atoms with Crippen LogP contribution in [0.15, 0.2) is 60.2 Å². The van der Waals surface area contributed by atoms with Crippen molar-refractivity contribution in [1.82, 2.24) is 10.2 Å². The molecule has 1 unspecified atom stereocenters. The molecule has 1 fully saturated rings. The molecule has 1 atom stereocenters. The van der Waals surface area contributed by atoms with Gasteiger partial charge in [-0.25, -0.2) is 4.79 Å². The minimum Gasteiger partial charge on any atom is -0.480 e. The number of carbonyl (C=O) groups is 2. The summed E-state index contributed by atoms with van der Waals surface area (Å²) in [6, 6.07) is 16.6. The first kappa shape index (κ1) is 24.8. The summed E-state index contributed by atoms with van der Waals surface area (Å²) in [4.78, 5) is 29.3. The number of amides is 1. The summed E-state index contributed by atoms with van der Waals surface area (Å²) in [5, 5.41) is 13.0. The lowest BCUT2D eigenvalue weighted by atomic mass is 10.0. The molecule has 0 radical (unpaired) electrons. The minimum atomic E-state index is -1.01. The van der Waals surface area contributed by atoms with E-state index < -0.39 is 12.0 Å². The van der Waals surface area contributed by atoms with Crippen molar-refractivity contribution in [1.29, 1.82) is 0 Å². The predicted octanol–water partition coefficient (Wildman–Crippen LogP) is 4.16. The van der Waals surface area contributed by atoms with Crippen molar-refractivity contribution < 1.29 is 14.7 Å². The van der Waals surface area contributed by atoms with Gasteiger partial charge < -0.3 is 15.3 Å². The zero-order valence-electron chi connectivity index (χ0n) is 19.2. The van der Waals surface area contributed by atoms with Gasteiger partial charge in [0.1, 0.15) is 6.04 Å². The molecule has 1 heterocycles. The second-order valence-corrected chi connectivity index (χ2v) is 9.25. The highest BCUT2D eigenvalue weighted by Gasteiger charge is 2.25. The Morgan fingerprint density at radius 2 is 1.76 bits per heavy atom. The number of carboxylic acid groups (broad SMARTS) is 1. The van der Waals surface area contributed by atoms with Crippen molar-refractivity contribution in [2.45, 2.75) is 26.3 Å². The number of benzene rings is 2. The highest BCUT2D eigenvalue weighted by Crippen LogP contribution is 2.21. The Morgan fingerprint density at radius 1 is 1.06 bits per heavy atom. The topological polar surface area (TPSA) is 72.9 Å². The third kappa shape index (κ3) is 7.62. The fourth-order valence-corrected chi connectivity index (χ4v) is 4.14. The second-order valence-electron chi connectivity index (χ2n) is 8.82. The number of hydrogen-bond donors (Lipinski definition) is 2. The molecule has 2 N–H and O–H groups in total. The molecule has 1 amide bonds. The third-order valence-corrected chi connectivity index (χ3v) is 5.92. The quantitative estimate of drug-likeness (QED) is 0.539. The van der Waals surface area contributed by atoms with Crippen LogP contribution >= 0.6 is 11.6 Å². The molecule has 176 valence electrons. The Kier molecular flexibility index (Phi) is 8.92. The average molecular weight is 470 g/mol. The van der Waals surface area contributed by atoms with Crippen molar-refractivity contribution in [3.63, 3.8) is 0 Å². The van der Waals surface area contributed by atoms with Crippen molar-refractivity contribution in [2.24, 2.45) is 5.92 Å². The molecule has 3 rings (SSSR count). The fraction of sp³-hybridized carbons (Fsp3) is 0.385. The van der Waals surface area contributed by atoms with Gasteiger partial charge in [0.15, 0.2) is 0 Å². The van der Waals surface area contributed by atoms with Crippen LogP contribution in [0.2, 0.25) is 5.02 Å². The molecule has 1 aliphatic rings. The number of rotatable bonds is 9. The molecule has 2 aromatic rings. The summed E-state index contributed by atoms with van der Waals surface area (Å²) >= 11 is 6.14. The standard InChI is InChI=1S/C26H32ClN3O3/c1-19(2)15-24(26(32)33)28-25(31)21(16-20-7-4-3-5-8-20)18-29-11-13-30(14-12-29)23-10-6-9-22(27)17-23/h3-10,16-17,19,24H,11-15,18H2,1-2H3,(H,28,31)(H,32,33)/b21-16+. The van der Waals surface area contributed by atoms with Gasteiger partial charge in [0.25, 0.3) is 0 Å². The molecular formula is C26H32ClN3O3. The minimum absolute atomic E-state index is 0.160. The van der Waals surface area contributed by atoms with Gasteiger partial charge in [-0.05, 0) is 42.2 Å². The number of halogens is 1. The van der Waals surface area contributed by atoms with Gasteiger partial charge in [-0.1, -0.05) is 61.8 Å². The van der Waals surface area contributed by atoms with Crippen LogP contribution in [0.3, 0.4) is 0 Å². The first-order valence-corrected chi connectivity index (χ1v) is 11.7.